The van der Waals surface area contributed by atoms with Crippen LogP contribution >= 0.6 is 34.8 Å². The summed E-state index contributed by atoms with van der Waals surface area (Å²) in [6.45, 7) is 0. The molecule has 0 aliphatic heterocycles. The second-order valence-electron chi connectivity index (χ2n) is 7.15. The summed E-state index contributed by atoms with van der Waals surface area (Å²) in [5.41, 5.74) is 5.07. The van der Waals surface area contributed by atoms with Gasteiger partial charge >= 0.3 is 0 Å². The minimum atomic E-state index is -0.193. The minimum Gasteiger partial charge on any atom is -0.367 e. The van der Waals surface area contributed by atoms with Crippen molar-refractivity contribution in [1.82, 2.24) is 19.1 Å². The van der Waals surface area contributed by atoms with Crippen molar-refractivity contribution in [2.24, 2.45) is 0 Å². The summed E-state index contributed by atoms with van der Waals surface area (Å²) in [4.78, 5) is 7.54. The fourth-order valence-corrected chi connectivity index (χ4v) is 4.59. The van der Waals surface area contributed by atoms with Crippen LogP contribution in [0.25, 0.3) is 16.8 Å². The molecule has 0 radical (unpaired) electrons. The average molecular weight is 468 g/mol. The molecule has 4 nitrogen and oxygen atoms in total. The lowest BCUT2D eigenvalue weighted by Gasteiger charge is -2.22. The molecule has 0 saturated carbocycles. The minimum absolute atomic E-state index is 0.193. The van der Waals surface area contributed by atoms with Crippen LogP contribution in [0.1, 0.15) is 17.2 Å². The van der Waals surface area contributed by atoms with E-state index in [1.165, 1.54) is 0 Å². The highest BCUT2D eigenvalue weighted by molar-refractivity contribution is 6.35. The van der Waals surface area contributed by atoms with E-state index in [0.29, 0.717) is 15.1 Å². The number of rotatable bonds is 5. The van der Waals surface area contributed by atoms with Gasteiger partial charge in [-0.3, -0.25) is 0 Å². The Morgan fingerprint density at radius 2 is 1.58 bits per heavy atom. The lowest BCUT2D eigenvalue weighted by Crippen LogP contribution is -2.12. The predicted octanol–water partition coefficient (Wildman–Crippen LogP) is 7.27. The Morgan fingerprint density at radius 1 is 0.806 bits per heavy atom. The fourth-order valence-electron chi connectivity index (χ4n) is 3.91. The van der Waals surface area contributed by atoms with Crippen molar-refractivity contribution in [3.63, 3.8) is 0 Å². The normalized spacial score (nSPS) is 12.2. The number of hydrogen-bond acceptors (Lipinski definition) is 1. The second kappa shape index (κ2) is 8.31. The standard InChI is InChI=1S/C24H17Cl3N4/c25-16-4-6-19(22(27)11-16)24(31-10-7-28-15-31)21-14-29-13-20(21)18-5-3-17(26)12-23(18)30-8-1-2-9-30/h1-15,24,29H. The van der Waals surface area contributed by atoms with E-state index in [9.17, 15) is 0 Å². The molecule has 0 aliphatic carbocycles. The monoisotopic (exact) mass is 466 g/mol. The number of halogens is 3. The zero-order valence-electron chi connectivity index (χ0n) is 16.2. The third kappa shape index (κ3) is 3.79. The maximum atomic E-state index is 6.64. The lowest BCUT2D eigenvalue weighted by molar-refractivity contribution is 0.679. The number of hydrogen-bond donors (Lipinski definition) is 1. The van der Waals surface area contributed by atoms with Gasteiger partial charge in [-0.05, 0) is 42.0 Å². The number of H-pyrrole nitrogens is 1. The van der Waals surface area contributed by atoms with Gasteiger partial charge < -0.3 is 14.1 Å². The van der Waals surface area contributed by atoms with Crippen molar-refractivity contribution in [3.8, 4) is 16.8 Å². The number of benzene rings is 2. The maximum absolute atomic E-state index is 6.64. The van der Waals surface area contributed by atoms with Crippen LogP contribution in [0.2, 0.25) is 15.1 Å². The molecule has 5 aromatic rings. The van der Waals surface area contributed by atoms with Crippen LogP contribution in [0.3, 0.4) is 0 Å². The molecular formula is C24H17Cl3N4. The maximum Gasteiger partial charge on any atom is 0.0954 e. The van der Waals surface area contributed by atoms with Gasteiger partial charge in [-0.25, -0.2) is 4.98 Å². The number of imidazole rings is 1. The van der Waals surface area contributed by atoms with Gasteiger partial charge in [-0.15, -0.1) is 0 Å². The van der Waals surface area contributed by atoms with Crippen LogP contribution in [-0.2, 0) is 0 Å². The largest absolute Gasteiger partial charge is 0.367 e. The quantitative estimate of drug-likeness (QED) is 0.290. The molecule has 154 valence electrons. The van der Waals surface area contributed by atoms with Crippen molar-refractivity contribution in [3.05, 3.63) is 118 Å². The van der Waals surface area contributed by atoms with Gasteiger partial charge in [0.05, 0.1) is 18.1 Å². The molecule has 3 aromatic heterocycles. The average Bonchev–Trinajstić information content (AvgIpc) is 3.53. The fraction of sp³-hybridized carbons (Fsp3) is 0.0417. The molecule has 3 heterocycles. The molecule has 0 bridgehead atoms. The van der Waals surface area contributed by atoms with Crippen molar-refractivity contribution in [2.75, 3.05) is 0 Å². The summed E-state index contributed by atoms with van der Waals surface area (Å²) in [5.74, 6) is 0. The second-order valence-corrected chi connectivity index (χ2v) is 8.43. The Morgan fingerprint density at radius 3 is 2.32 bits per heavy atom. The van der Waals surface area contributed by atoms with Gasteiger partial charge in [-0.1, -0.05) is 46.9 Å². The molecule has 1 atom stereocenters. The number of aromatic nitrogens is 4. The molecule has 1 unspecified atom stereocenters. The van der Waals surface area contributed by atoms with Crippen molar-refractivity contribution < 1.29 is 0 Å². The molecule has 2 aromatic carbocycles. The number of nitrogens with one attached hydrogen (secondary N) is 1. The first kappa shape index (κ1) is 20.0. The Kier molecular flexibility index (Phi) is 5.36. The zero-order valence-corrected chi connectivity index (χ0v) is 18.5. The molecule has 5 rings (SSSR count). The van der Waals surface area contributed by atoms with Crippen LogP contribution in [-0.4, -0.2) is 19.1 Å². The van der Waals surface area contributed by atoms with Crippen LogP contribution in [0.15, 0.2) is 92.0 Å². The van der Waals surface area contributed by atoms with Crippen LogP contribution < -0.4 is 0 Å². The topological polar surface area (TPSA) is 38.5 Å². The molecule has 0 amide bonds. The highest BCUT2D eigenvalue weighted by atomic mass is 35.5. The summed E-state index contributed by atoms with van der Waals surface area (Å²) >= 11 is 19.2. The van der Waals surface area contributed by atoms with Crippen LogP contribution in [0.5, 0.6) is 0 Å². The summed E-state index contributed by atoms with van der Waals surface area (Å²) in [6.07, 6.45) is 13.5. The predicted molar refractivity (Wildman–Crippen MR) is 126 cm³/mol. The van der Waals surface area contributed by atoms with E-state index in [1.54, 1.807) is 18.6 Å². The van der Waals surface area contributed by atoms with Crippen molar-refractivity contribution >= 4 is 34.8 Å². The van der Waals surface area contributed by atoms with Gasteiger partial charge in [0, 0.05) is 68.9 Å². The molecule has 0 fully saturated rings. The van der Waals surface area contributed by atoms with Gasteiger partial charge in [-0.2, -0.15) is 0 Å². The molecule has 7 heteroatoms. The zero-order chi connectivity index (χ0) is 21.4. The highest BCUT2D eigenvalue weighted by Crippen LogP contribution is 2.40. The Labute approximate surface area is 194 Å². The summed E-state index contributed by atoms with van der Waals surface area (Å²) in [7, 11) is 0. The van der Waals surface area contributed by atoms with Gasteiger partial charge in [0.2, 0.25) is 0 Å². The van der Waals surface area contributed by atoms with E-state index in [2.05, 4.69) is 14.5 Å². The first-order chi connectivity index (χ1) is 15.1. The smallest absolute Gasteiger partial charge is 0.0954 e. The molecule has 31 heavy (non-hydrogen) atoms. The van der Waals surface area contributed by atoms with E-state index < -0.39 is 0 Å². The van der Waals surface area contributed by atoms with Gasteiger partial charge in [0.15, 0.2) is 0 Å². The Balaban J connectivity index is 1.72. The highest BCUT2D eigenvalue weighted by Gasteiger charge is 2.24. The van der Waals surface area contributed by atoms with E-state index in [-0.39, 0.29) is 6.04 Å². The lowest BCUT2D eigenvalue weighted by atomic mass is 9.93. The third-order valence-corrected chi connectivity index (χ3v) is 6.08. The number of nitrogens with zero attached hydrogens (tertiary/aromatic N) is 3. The first-order valence-corrected chi connectivity index (χ1v) is 10.8. The van der Waals surface area contributed by atoms with Gasteiger partial charge in [0.25, 0.3) is 0 Å². The number of aromatic amines is 1. The van der Waals surface area contributed by atoms with Crippen molar-refractivity contribution in [1.29, 1.82) is 0 Å². The molecule has 0 spiro atoms. The summed E-state index contributed by atoms with van der Waals surface area (Å²) in [5, 5.41) is 1.87. The Hall–Kier alpha value is -2.92. The molecule has 1 N–H and O–H groups in total. The first-order valence-electron chi connectivity index (χ1n) is 9.64. The van der Waals surface area contributed by atoms with E-state index in [0.717, 1.165) is 27.9 Å². The van der Waals surface area contributed by atoms with Crippen LogP contribution in [0, 0.1) is 0 Å². The molecular weight excluding hydrogens is 451 g/mol. The Bertz CT molecular complexity index is 1320. The molecule has 0 aliphatic rings. The van der Waals surface area contributed by atoms with Gasteiger partial charge in [0.1, 0.15) is 0 Å². The van der Waals surface area contributed by atoms with E-state index in [4.69, 9.17) is 34.8 Å². The summed E-state index contributed by atoms with van der Waals surface area (Å²) < 4.78 is 4.09. The third-order valence-electron chi connectivity index (χ3n) is 5.28. The van der Waals surface area contributed by atoms with Crippen molar-refractivity contribution in [2.45, 2.75) is 6.04 Å². The summed E-state index contributed by atoms with van der Waals surface area (Å²) in [6, 6.07) is 15.3. The van der Waals surface area contributed by atoms with Crippen LogP contribution in [0.4, 0.5) is 0 Å². The SMILES string of the molecule is Clc1ccc(C(c2c[nH]cc2-c2ccc(Cl)cc2-n2cccc2)n2ccnc2)c(Cl)c1. The molecule has 0 saturated heterocycles. The van der Waals surface area contributed by atoms with E-state index >= 15 is 0 Å². The van der Waals surface area contributed by atoms with E-state index in [1.807, 2.05) is 78.0 Å².